The molecule has 1 spiro atoms. The van der Waals surface area contributed by atoms with Crippen molar-refractivity contribution in [2.75, 3.05) is 33.4 Å². The quantitative estimate of drug-likeness (QED) is 0.813. The van der Waals surface area contributed by atoms with Crippen molar-refractivity contribution in [3.05, 3.63) is 18.2 Å². The zero-order valence-corrected chi connectivity index (χ0v) is 12.0. The van der Waals surface area contributed by atoms with Crippen LogP contribution in [0.2, 0.25) is 0 Å². The third-order valence-corrected chi connectivity index (χ3v) is 4.19. The predicted molar refractivity (Wildman–Crippen MR) is 72.4 cm³/mol. The monoisotopic (exact) mass is 279 g/mol. The summed E-state index contributed by atoms with van der Waals surface area (Å²) < 4.78 is 12.8. The Labute approximate surface area is 118 Å². The smallest absolute Gasteiger partial charge is 0.274 e. The number of carbonyl (C=O) groups is 1. The largest absolute Gasteiger partial charge is 0.385 e. The molecule has 0 aliphatic carbocycles. The lowest BCUT2D eigenvalue weighted by Gasteiger charge is -2.46. The van der Waals surface area contributed by atoms with Crippen molar-refractivity contribution in [2.24, 2.45) is 13.0 Å². The summed E-state index contributed by atoms with van der Waals surface area (Å²) in [4.78, 5) is 18.1. The molecule has 0 radical (unpaired) electrons. The Kier molecular flexibility index (Phi) is 3.52. The fourth-order valence-electron chi connectivity index (χ4n) is 3.11. The van der Waals surface area contributed by atoms with Crippen LogP contribution < -0.4 is 0 Å². The van der Waals surface area contributed by atoms with Crippen LogP contribution in [0.3, 0.4) is 0 Å². The second-order valence-corrected chi connectivity index (χ2v) is 5.93. The van der Waals surface area contributed by atoms with Crippen molar-refractivity contribution in [1.29, 1.82) is 0 Å². The minimum atomic E-state index is -0.108. The lowest BCUT2D eigenvalue weighted by molar-refractivity contribution is -0.0951. The molecule has 0 aromatic carbocycles. The summed E-state index contributed by atoms with van der Waals surface area (Å²) in [6.45, 7) is 2.94. The second kappa shape index (κ2) is 5.18. The number of aryl methyl sites for hydroxylation is 1. The molecule has 0 saturated carbocycles. The second-order valence-electron chi connectivity index (χ2n) is 5.93. The predicted octanol–water partition coefficient (Wildman–Crippen LogP) is 0.688. The van der Waals surface area contributed by atoms with Gasteiger partial charge in [-0.15, -0.1) is 0 Å². The van der Waals surface area contributed by atoms with Gasteiger partial charge in [-0.25, -0.2) is 4.98 Å². The number of hydrogen-bond donors (Lipinski definition) is 0. The Morgan fingerprint density at radius 3 is 3.05 bits per heavy atom. The number of amides is 1. The summed E-state index contributed by atoms with van der Waals surface area (Å²) in [5, 5.41) is 0. The van der Waals surface area contributed by atoms with Crippen LogP contribution in [0.4, 0.5) is 0 Å². The highest BCUT2D eigenvalue weighted by molar-refractivity contribution is 5.92. The molecule has 2 aliphatic rings. The summed E-state index contributed by atoms with van der Waals surface area (Å²) in [5.74, 6) is 0.558. The van der Waals surface area contributed by atoms with Crippen molar-refractivity contribution < 1.29 is 14.3 Å². The third-order valence-electron chi connectivity index (χ3n) is 4.19. The average Bonchev–Trinajstić information content (AvgIpc) is 3.00. The number of imidazole rings is 1. The minimum absolute atomic E-state index is 0.000154. The molecule has 2 aliphatic heterocycles. The number of rotatable bonds is 4. The van der Waals surface area contributed by atoms with Crippen LogP contribution in [0.15, 0.2) is 12.5 Å². The maximum atomic E-state index is 12.2. The van der Waals surface area contributed by atoms with Gasteiger partial charge in [0.25, 0.3) is 5.91 Å². The molecular weight excluding hydrogens is 258 g/mol. The molecule has 110 valence electrons. The van der Waals surface area contributed by atoms with Crippen molar-refractivity contribution in [3.63, 3.8) is 0 Å². The first-order valence-corrected chi connectivity index (χ1v) is 7.02. The number of aromatic nitrogens is 2. The van der Waals surface area contributed by atoms with Crippen LogP contribution in [-0.4, -0.2) is 59.4 Å². The number of nitrogens with zero attached hydrogens (tertiary/aromatic N) is 3. The highest BCUT2D eigenvalue weighted by atomic mass is 16.5. The van der Waals surface area contributed by atoms with E-state index in [1.165, 1.54) is 0 Å². The van der Waals surface area contributed by atoms with Crippen molar-refractivity contribution >= 4 is 5.91 Å². The highest BCUT2D eigenvalue weighted by Crippen LogP contribution is 2.39. The molecule has 2 fully saturated rings. The maximum absolute atomic E-state index is 12.2. The molecule has 1 atom stereocenters. The van der Waals surface area contributed by atoms with Crippen molar-refractivity contribution in [3.8, 4) is 0 Å². The first-order chi connectivity index (χ1) is 9.62. The van der Waals surface area contributed by atoms with Crippen LogP contribution in [-0.2, 0) is 16.5 Å². The minimum Gasteiger partial charge on any atom is -0.385 e. The Morgan fingerprint density at radius 2 is 2.40 bits per heavy atom. The fraction of sp³-hybridized carbons (Fsp3) is 0.714. The SMILES string of the molecule is COCCC1COC2(C1)CN(C(=O)c1cn(C)cn1)C2. The van der Waals surface area contributed by atoms with Gasteiger partial charge in [0.1, 0.15) is 11.3 Å². The molecule has 6 heteroatoms. The van der Waals surface area contributed by atoms with E-state index in [-0.39, 0.29) is 11.5 Å². The summed E-state index contributed by atoms with van der Waals surface area (Å²) in [6.07, 6.45) is 5.47. The van der Waals surface area contributed by atoms with Gasteiger partial charge in [0.05, 0.1) is 26.0 Å². The topological polar surface area (TPSA) is 56.6 Å². The van der Waals surface area contributed by atoms with E-state index >= 15 is 0 Å². The van der Waals surface area contributed by atoms with Crippen LogP contribution in [0, 0.1) is 5.92 Å². The van der Waals surface area contributed by atoms with Gasteiger partial charge in [0, 0.05) is 27.0 Å². The fourth-order valence-corrected chi connectivity index (χ4v) is 3.11. The number of likely N-dealkylation sites (tertiary alicyclic amines) is 1. The highest BCUT2D eigenvalue weighted by Gasteiger charge is 2.51. The summed E-state index contributed by atoms with van der Waals surface area (Å²) in [7, 11) is 3.59. The molecule has 0 N–H and O–H groups in total. The summed E-state index contributed by atoms with van der Waals surface area (Å²) >= 11 is 0. The van der Waals surface area contributed by atoms with Gasteiger partial charge in [-0.1, -0.05) is 0 Å². The van der Waals surface area contributed by atoms with Crippen LogP contribution in [0.5, 0.6) is 0 Å². The molecule has 1 aromatic rings. The van der Waals surface area contributed by atoms with Gasteiger partial charge >= 0.3 is 0 Å². The number of methoxy groups -OCH3 is 1. The summed E-state index contributed by atoms with van der Waals surface area (Å²) in [6, 6.07) is 0. The molecule has 1 aromatic heterocycles. The van der Waals surface area contributed by atoms with E-state index in [0.717, 1.165) is 26.1 Å². The first-order valence-electron chi connectivity index (χ1n) is 7.02. The van der Waals surface area contributed by atoms with Gasteiger partial charge in [0.15, 0.2) is 0 Å². The Balaban J connectivity index is 1.52. The Bertz CT molecular complexity index is 494. The van der Waals surface area contributed by atoms with Gasteiger partial charge in [-0.3, -0.25) is 4.79 Å². The van der Waals surface area contributed by atoms with E-state index < -0.39 is 0 Å². The molecule has 1 unspecified atom stereocenters. The van der Waals surface area contributed by atoms with Crippen LogP contribution in [0.1, 0.15) is 23.3 Å². The molecule has 2 saturated heterocycles. The number of hydrogen-bond acceptors (Lipinski definition) is 4. The van der Waals surface area contributed by atoms with Crippen LogP contribution in [0.25, 0.3) is 0 Å². The third kappa shape index (κ3) is 2.45. The van der Waals surface area contributed by atoms with E-state index in [4.69, 9.17) is 9.47 Å². The molecule has 20 heavy (non-hydrogen) atoms. The van der Waals surface area contributed by atoms with Crippen molar-refractivity contribution in [2.45, 2.75) is 18.4 Å². The molecule has 3 heterocycles. The number of carbonyl (C=O) groups excluding carboxylic acids is 1. The Hall–Kier alpha value is -1.40. The average molecular weight is 279 g/mol. The lowest BCUT2D eigenvalue weighted by Crippen LogP contribution is -2.63. The zero-order valence-electron chi connectivity index (χ0n) is 12.0. The lowest BCUT2D eigenvalue weighted by atomic mass is 9.86. The molecule has 0 bridgehead atoms. The van der Waals surface area contributed by atoms with Gasteiger partial charge in [-0.05, 0) is 18.8 Å². The van der Waals surface area contributed by atoms with E-state index in [1.54, 1.807) is 24.2 Å². The Morgan fingerprint density at radius 1 is 1.60 bits per heavy atom. The maximum Gasteiger partial charge on any atom is 0.274 e. The van der Waals surface area contributed by atoms with E-state index in [2.05, 4.69) is 4.98 Å². The van der Waals surface area contributed by atoms with Gasteiger partial charge in [-0.2, -0.15) is 0 Å². The molecular formula is C14H21N3O3. The van der Waals surface area contributed by atoms with E-state index in [9.17, 15) is 4.79 Å². The van der Waals surface area contributed by atoms with Gasteiger partial charge < -0.3 is 18.9 Å². The van der Waals surface area contributed by atoms with Crippen molar-refractivity contribution in [1.82, 2.24) is 14.5 Å². The molecule has 1 amide bonds. The molecule has 6 nitrogen and oxygen atoms in total. The zero-order chi connectivity index (χ0) is 14.2. The summed E-state index contributed by atoms with van der Waals surface area (Å²) in [5.41, 5.74) is 0.402. The normalized spacial score (nSPS) is 24.1. The first kappa shape index (κ1) is 13.6. The molecule has 3 rings (SSSR count). The standard InChI is InChI=1S/C14H21N3O3/c1-16-6-12(15-10-16)13(18)17-8-14(9-17)5-11(7-20-14)3-4-19-2/h6,10-11H,3-5,7-9H2,1-2H3. The number of ether oxygens (including phenoxy) is 2. The van der Waals surface area contributed by atoms with Crippen LogP contribution >= 0.6 is 0 Å². The van der Waals surface area contributed by atoms with E-state index in [1.807, 2.05) is 11.9 Å². The van der Waals surface area contributed by atoms with E-state index in [0.29, 0.717) is 24.7 Å². The van der Waals surface area contributed by atoms with Gasteiger partial charge in [0.2, 0.25) is 0 Å².